The summed E-state index contributed by atoms with van der Waals surface area (Å²) in [5.74, 6) is 0.893. The molecule has 4 nitrogen and oxygen atoms in total. The number of nitrogens with zero attached hydrogens (tertiary/aromatic N) is 1. The molecule has 2 aromatic carbocycles. The van der Waals surface area contributed by atoms with Gasteiger partial charge in [-0.2, -0.15) is 0 Å². The van der Waals surface area contributed by atoms with Crippen molar-refractivity contribution in [3.63, 3.8) is 0 Å². The van der Waals surface area contributed by atoms with Gasteiger partial charge in [-0.15, -0.1) is 0 Å². The lowest BCUT2D eigenvalue weighted by molar-refractivity contribution is 0.101. The molecule has 0 bridgehead atoms. The third-order valence-electron chi connectivity index (χ3n) is 4.71. The summed E-state index contributed by atoms with van der Waals surface area (Å²) in [6.07, 6.45) is 0. The minimum Gasteiger partial charge on any atom is -0.491 e. The molecule has 0 aliphatic rings. The van der Waals surface area contributed by atoms with E-state index in [-0.39, 0.29) is 5.41 Å². The number of likely N-dealkylation sites (N-methyl/N-ethyl adjacent to an activating group) is 1. The van der Waals surface area contributed by atoms with Gasteiger partial charge in [0.25, 0.3) is 0 Å². The van der Waals surface area contributed by atoms with E-state index < -0.39 is 0 Å². The van der Waals surface area contributed by atoms with Crippen LogP contribution in [0.4, 0.5) is 0 Å². The third kappa shape index (κ3) is 7.33. The van der Waals surface area contributed by atoms with Gasteiger partial charge in [-0.1, -0.05) is 56.3 Å². The van der Waals surface area contributed by atoms with Gasteiger partial charge in [0.15, 0.2) is 0 Å². The second-order valence-corrected chi connectivity index (χ2v) is 7.53. The fraction of sp³-hybridized carbons (Fsp3) is 0.478. The van der Waals surface area contributed by atoms with Crippen LogP contribution in [0.25, 0.3) is 0 Å². The summed E-state index contributed by atoms with van der Waals surface area (Å²) in [5.41, 5.74) is 2.49. The summed E-state index contributed by atoms with van der Waals surface area (Å²) in [6.45, 7) is 9.25. The summed E-state index contributed by atoms with van der Waals surface area (Å²) < 4.78 is 11.5. The molecule has 0 unspecified atom stereocenters. The molecule has 0 fully saturated rings. The van der Waals surface area contributed by atoms with Crippen LogP contribution in [0.5, 0.6) is 5.75 Å². The van der Waals surface area contributed by atoms with Gasteiger partial charge < -0.3 is 19.7 Å². The van der Waals surface area contributed by atoms with Crippen LogP contribution < -0.4 is 10.1 Å². The fourth-order valence-electron chi connectivity index (χ4n) is 2.89. The lowest BCUT2D eigenvalue weighted by Crippen LogP contribution is -2.29. The zero-order valence-electron chi connectivity index (χ0n) is 17.2. The maximum absolute atomic E-state index is 5.88. The molecule has 148 valence electrons. The first-order chi connectivity index (χ1) is 13.0. The monoisotopic (exact) mass is 370 g/mol. The molecule has 4 heteroatoms. The molecule has 0 heterocycles. The first-order valence-corrected chi connectivity index (χ1v) is 9.72. The van der Waals surface area contributed by atoms with E-state index in [9.17, 15) is 0 Å². The van der Waals surface area contributed by atoms with Crippen LogP contribution >= 0.6 is 0 Å². The summed E-state index contributed by atoms with van der Waals surface area (Å²) in [4.78, 5) is 2.16. The van der Waals surface area contributed by atoms with E-state index >= 15 is 0 Å². The van der Waals surface area contributed by atoms with Crippen molar-refractivity contribution in [2.75, 3.05) is 53.6 Å². The Bertz CT molecular complexity index is 656. The standard InChI is InChI=1S/C23H34N2O2/c1-23(2,20-9-6-5-7-10-20)21-11-8-12-22(19-21)27-18-17-26-16-14-24-13-15-25(3)4/h5-12,19,24H,13-18H2,1-4H3. The van der Waals surface area contributed by atoms with E-state index in [1.165, 1.54) is 11.1 Å². The number of nitrogens with one attached hydrogen (secondary N) is 1. The number of rotatable bonds is 12. The van der Waals surface area contributed by atoms with Crippen LogP contribution in [0.2, 0.25) is 0 Å². The Hall–Kier alpha value is -1.88. The van der Waals surface area contributed by atoms with Gasteiger partial charge >= 0.3 is 0 Å². The zero-order chi connectivity index (χ0) is 19.5. The van der Waals surface area contributed by atoms with Crippen molar-refractivity contribution in [1.29, 1.82) is 0 Å². The Morgan fingerprint density at radius 2 is 1.59 bits per heavy atom. The molecule has 0 atom stereocenters. The van der Waals surface area contributed by atoms with Crippen LogP contribution in [0, 0.1) is 0 Å². The number of hydrogen-bond donors (Lipinski definition) is 1. The van der Waals surface area contributed by atoms with Crippen LogP contribution in [-0.4, -0.2) is 58.5 Å². The van der Waals surface area contributed by atoms with Crippen molar-refractivity contribution in [1.82, 2.24) is 10.2 Å². The van der Waals surface area contributed by atoms with Crippen LogP contribution in [0.1, 0.15) is 25.0 Å². The molecule has 27 heavy (non-hydrogen) atoms. The Morgan fingerprint density at radius 3 is 2.33 bits per heavy atom. The molecular formula is C23H34N2O2. The van der Waals surface area contributed by atoms with E-state index in [2.05, 4.69) is 86.7 Å². The third-order valence-corrected chi connectivity index (χ3v) is 4.71. The van der Waals surface area contributed by atoms with Gasteiger partial charge in [0, 0.05) is 25.0 Å². The maximum atomic E-state index is 5.88. The molecule has 0 saturated heterocycles. The highest BCUT2D eigenvalue weighted by molar-refractivity contribution is 5.40. The normalized spacial score (nSPS) is 11.7. The van der Waals surface area contributed by atoms with Crippen molar-refractivity contribution in [2.45, 2.75) is 19.3 Å². The average molecular weight is 371 g/mol. The van der Waals surface area contributed by atoms with Crippen LogP contribution in [0.15, 0.2) is 54.6 Å². The largest absolute Gasteiger partial charge is 0.491 e. The van der Waals surface area contributed by atoms with Gasteiger partial charge in [-0.25, -0.2) is 0 Å². The Balaban J connectivity index is 1.73. The molecule has 0 amide bonds. The van der Waals surface area contributed by atoms with Crippen LogP contribution in [0.3, 0.4) is 0 Å². The molecule has 0 spiro atoms. The smallest absolute Gasteiger partial charge is 0.119 e. The number of hydrogen-bond acceptors (Lipinski definition) is 4. The highest BCUT2D eigenvalue weighted by Crippen LogP contribution is 2.32. The second-order valence-electron chi connectivity index (χ2n) is 7.53. The Labute approximate surface area is 164 Å². The first-order valence-electron chi connectivity index (χ1n) is 9.72. The molecule has 0 aliphatic heterocycles. The highest BCUT2D eigenvalue weighted by atomic mass is 16.5. The highest BCUT2D eigenvalue weighted by Gasteiger charge is 2.23. The zero-order valence-corrected chi connectivity index (χ0v) is 17.2. The van der Waals surface area contributed by atoms with Crippen molar-refractivity contribution in [3.05, 3.63) is 65.7 Å². The van der Waals surface area contributed by atoms with E-state index in [0.29, 0.717) is 19.8 Å². The number of ether oxygens (including phenoxy) is 2. The van der Waals surface area contributed by atoms with Crippen molar-refractivity contribution < 1.29 is 9.47 Å². The Kier molecular flexibility index (Phi) is 8.79. The summed E-state index contributed by atoms with van der Waals surface area (Å²) in [5, 5.41) is 3.36. The van der Waals surface area contributed by atoms with E-state index in [1.54, 1.807) is 0 Å². The molecule has 0 radical (unpaired) electrons. The lowest BCUT2D eigenvalue weighted by atomic mass is 9.78. The van der Waals surface area contributed by atoms with Gasteiger partial charge in [-0.3, -0.25) is 0 Å². The summed E-state index contributed by atoms with van der Waals surface area (Å²) >= 11 is 0. The maximum Gasteiger partial charge on any atom is 0.119 e. The topological polar surface area (TPSA) is 33.7 Å². The summed E-state index contributed by atoms with van der Waals surface area (Å²) in [6, 6.07) is 18.9. The lowest BCUT2D eigenvalue weighted by Gasteiger charge is -2.26. The van der Waals surface area contributed by atoms with Gasteiger partial charge in [-0.05, 0) is 37.4 Å². The second kappa shape index (κ2) is 11.1. The SMILES string of the molecule is CN(C)CCNCCOCCOc1cccc(C(C)(C)c2ccccc2)c1. The van der Waals surface area contributed by atoms with E-state index in [0.717, 1.165) is 25.4 Å². The minimum absolute atomic E-state index is 0.0602. The van der Waals surface area contributed by atoms with Crippen molar-refractivity contribution >= 4 is 0 Å². The van der Waals surface area contributed by atoms with Gasteiger partial charge in [0.05, 0.1) is 13.2 Å². The fourth-order valence-corrected chi connectivity index (χ4v) is 2.89. The van der Waals surface area contributed by atoms with Gasteiger partial charge in [0.2, 0.25) is 0 Å². The predicted molar refractivity (Wildman–Crippen MR) is 113 cm³/mol. The minimum atomic E-state index is -0.0602. The first kappa shape index (κ1) is 21.4. The van der Waals surface area contributed by atoms with E-state index in [4.69, 9.17) is 9.47 Å². The molecule has 0 aromatic heterocycles. The molecular weight excluding hydrogens is 336 g/mol. The van der Waals surface area contributed by atoms with Crippen molar-refractivity contribution in [2.24, 2.45) is 0 Å². The van der Waals surface area contributed by atoms with E-state index in [1.807, 2.05) is 6.07 Å². The molecule has 2 rings (SSSR count). The molecule has 0 saturated carbocycles. The molecule has 0 aliphatic carbocycles. The van der Waals surface area contributed by atoms with Crippen LogP contribution in [-0.2, 0) is 10.2 Å². The van der Waals surface area contributed by atoms with Gasteiger partial charge in [0.1, 0.15) is 12.4 Å². The molecule has 2 aromatic rings. The molecule has 1 N–H and O–H groups in total. The summed E-state index contributed by atoms with van der Waals surface area (Å²) in [7, 11) is 4.15. The quantitative estimate of drug-likeness (QED) is 0.579. The average Bonchev–Trinajstić information content (AvgIpc) is 2.67. The van der Waals surface area contributed by atoms with Crippen molar-refractivity contribution in [3.8, 4) is 5.75 Å². The Morgan fingerprint density at radius 1 is 0.852 bits per heavy atom. The number of benzene rings is 2. The predicted octanol–water partition coefficient (Wildman–Crippen LogP) is 3.56.